The van der Waals surface area contributed by atoms with Crippen LogP contribution in [0, 0.1) is 5.92 Å². The molecule has 2 N–H and O–H groups in total. The van der Waals surface area contributed by atoms with Gasteiger partial charge in [-0.1, -0.05) is 6.92 Å². The molecule has 1 aliphatic rings. The summed E-state index contributed by atoms with van der Waals surface area (Å²) in [5.41, 5.74) is 0. The van der Waals surface area contributed by atoms with E-state index in [0.717, 1.165) is 19.4 Å². The Balaban J connectivity index is 0.000000690. The fourth-order valence-electron chi connectivity index (χ4n) is 2.06. The Hall–Kier alpha value is 0.0300. The monoisotopic (exact) mass is 326 g/mol. The van der Waals surface area contributed by atoms with Crippen molar-refractivity contribution in [3.63, 3.8) is 0 Å². The summed E-state index contributed by atoms with van der Waals surface area (Å²) < 4.78 is 28.4. The van der Waals surface area contributed by atoms with Crippen LogP contribution in [0.4, 0.5) is 0 Å². The lowest BCUT2D eigenvalue weighted by Gasteiger charge is -2.23. The Kier molecular flexibility index (Phi) is 9.94. The minimum atomic E-state index is -2.91. The van der Waals surface area contributed by atoms with Crippen molar-refractivity contribution in [2.45, 2.75) is 59.4 Å². The number of ether oxygens (including phenoxy) is 1. The fraction of sp³-hybridized carbons (Fsp3) is 1.00. The average Bonchev–Trinajstić information content (AvgIpc) is 2.80. The summed E-state index contributed by atoms with van der Waals surface area (Å²) in [6.07, 6.45) is 2.83. The number of hydrogen-bond acceptors (Lipinski definition) is 6. The van der Waals surface area contributed by atoms with E-state index >= 15 is 0 Å². The molecule has 0 aromatic heterocycles. The molecule has 2 unspecified atom stereocenters. The molecule has 1 aliphatic heterocycles. The minimum absolute atomic E-state index is 0.217. The minimum Gasteiger partial charge on any atom is -0.378 e. The first-order valence-electron chi connectivity index (χ1n) is 7.55. The fourth-order valence-corrected chi connectivity index (χ4v) is 4.07. The molecule has 0 radical (unpaired) electrons. The lowest BCUT2D eigenvalue weighted by molar-refractivity contribution is -0.127. The normalized spacial score (nSPS) is 20.8. The summed E-state index contributed by atoms with van der Waals surface area (Å²) in [6, 6.07) is 0. The van der Waals surface area contributed by atoms with Crippen molar-refractivity contribution in [1.29, 1.82) is 0 Å². The highest BCUT2D eigenvalue weighted by atomic mass is 31.2. The SMILES string of the molecule is CC(C)(O)O.CCOP(=O)(CC(C)C1CCCO1)OCC. The Morgan fingerprint density at radius 2 is 1.76 bits per heavy atom. The van der Waals surface area contributed by atoms with E-state index in [1.54, 1.807) is 0 Å². The summed E-state index contributed by atoms with van der Waals surface area (Å²) in [4.78, 5) is 0. The molecular formula is C14H31O6P. The zero-order valence-electron chi connectivity index (χ0n) is 13.9. The number of aliphatic hydroxyl groups is 2. The molecule has 0 spiro atoms. The molecule has 1 fully saturated rings. The van der Waals surface area contributed by atoms with Crippen molar-refractivity contribution in [1.82, 2.24) is 0 Å². The van der Waals surface area contributed by atoms with Gasteiger partial charge in [0.2, 0.25) is 0 Å². The van der Waals surface area contributed by atoms with E-state index in [0.29, 0.717) is 19.4 Å². The first-order chi connectivity index (χ1) is 9.61. The van der Waals surface area contributed by atoms with Crippen LogP contribution in [0.5, 0.6) is 0 Å². The summed E-state index contributed by atoms with van der Waals surface area (Å²) >= 11 is 0. The van der Waals surface area contributed by atoms with Crippen molar-refractivity contribution in [2.24, 2.45) is 5.92 Å². The van der Waals surface area contributed by atoms with Crippen LogP contribution < -0.4 is 0 Å². The standard InChI is InChI=1S/C11H23O4P.C3H8O2/c1-4-14-16(12,15-5-2)9-10(3)11-7-6-8-13-11;1-3(2,4)5/h10-11H,4-9H2,1-3H3;4-5H,1-2H3. The maximum absolute atomic E-state index is 12.3. The highest BCUT2D eigenvalue weighted by Gasteiger charge is 2.32. The highest BCUT2D eigenvalue weighted by Crippen LogP contribution is 2.50. The zero-order valence-corrected chi connectivity index (χ0v) is 14.8. The van der Waals surface area contributed by atoms with Gasteiger partial charge >= 0.3 is 7.60 Å². The number of hydrogen-bond donors (Lipinski definition) is 2. The van der Waals surface area contributed by atoms with Crippen molar-refractivity contribution in [3.8, 4) is 0 Å². The first-order valence-corrected chi connectivity index (χ1v) is 9.28. The molecule has 0 amide bonds. The molecule has 0 aromatic rings. The maximum Gasteiger partial charge on any atom is 0.331 e. The van der Waals surface area contributed by atoms with Gasteiger partial charge in [0.05, 0.1) is 25.5 Å². The van der Waals surface area contributed by atoms with Gasteiger partial charge in [0.25, 0.3) is 0 Å². The van der Waals surface area contributed by atoms with Crippen LogP contribution in [-0.4, -0.2) is 48.1 Å². The molecular weight excluding hydrogens is 295 g/mol. The highest BCUT2D eigenvalue weighted by molar-refractivity contribution is 7.53. The van der Waals surface area contributed by atoms with Gasteiger partial charge < -0.3 is 24.0 Å². The molecule has 2 atom stereocenters. The van der Waals surface area contributed by atoms with E-state index in [1.165, 1.54) is 13.8 Å². The second-order valence-electron chi connectivity index (χ2n) is 5.65. The van der Waals surface area contributed by atoms with Crippen LogP contribution in [0.25, 0.3) is 0 Å². The number of rotatable bonds is 7. The predicted molar refractivity (Wildman–Crippen MR) is 82.4 cm³/mol. The summed E-state index contributed by atoms with van der Waals surface area (Å²) in [5, 5.41) is 16.2. The lowest BCUT2D eigenvalue weighted by Crippen LogP contribution is -2.21. The van der Waals surface area contributed by atoms with Crippen molar-refractivity contribution >= 4 is 7.60 Å². The van der Waals surface area contributed by atoms with Crippen LogP contribution in [0.15, 0.2) is 0 Å². The quantitative estimate of drug-likeness (QED) is 0.553. The molecule has 0 bridgehead atoms. The van der Waals surface area contributed by atoms with Crippen molar-refractivity contribution < 1.29 is 28.6 Å². The van der Waals surface area contributed by atoms with E-state index in [-0.39, 0.29) is 12.0 Å². The van der Waals surface area contributed by atoms with Gasteiger partial charge in [0.1, 0.15) is 0 Å². The van der Waals surface area contributed by atoms with E-state index in [9.17, 15) is 4.57 Å². The third-order valence-electron chi connectivity index (χ3n) is 2.76. The van der Waals surface area contributed by atoms with E-state index < -0.39 is 13.4 Å². The molecule has 0 aromatic carbocycles. The third kappa shape index (κ3) is 11.3. The lowest BCUT2D eigenvalue weighted by atomic mass is 10.0. The average molecular weight is 326 g/mol. The molecule has 6 nitrogen and oxygen atoms in total. The maximum atomic E-state index is 12.3. The summed E-state index contributed by atoms with van der Waals surface area (Å²) in [7, 11) is -2.91. The van der Waals surface area contributed by atoms with Gasteiger partial charge in [-0.3, -0.25) is 4.57 Å². The molecule has 7 heteroatoms. The molecule has 1 heterocycles. The van der Waals surface area contributed by atoms with Gasteiger partial charge in [-0.25, -0.2) is 0 Å². The molecule has 21 heavy (non-hydrogen) atoms. The van der Waals surface area contributed by atoms with Crippen LogP contribution in [-0.2, 0) is 18.3 Å². The van der Waals surface area contributed by atoms with Crippen LogP contribution in [0.3, 0.4) is 0 Å². The summed E-state index contributed by atoms with van der Waals surface area (Å²) in [5.74, 6) is -1.27. The van der Waals surface area contributed by atoms with Crippen LogP contribution in [0.1, 0.15) is 47.5 Å². The van der Waals surface area contributed by atoms with Gasteiger partial charge in [-0.2, -0.15) is 0 Å². The largest absolute Gasteiger partial charge is 0.378 e. The van der Waals surface area contributed by atoms with Crippen LogP contribution >= 0.6 is 7.60 Å². The summed E-state index contributed by atoms with van der Waals surface area (Å²) in [6.45, 7) is 10.00. The zero-order chi connectivity index (χ0) is 16.5. The molecule has 0 aliphatic carbocycles. The van der Waals surface area contributed by atoms with Crippen LogP contribution in [0.2, 0.25) is 0 Å². The smallest absolute Gasteiger partial charge is 0.331 e. The second-order valence-corrected chi connectivity index (χ2v) is 7.76. The molecule has 128 valence electrons. The Labute approximate surface area is 128 Å². The molecule has 1 rings (SSSR count). The van der Waals surface area contributed by atoms with Gasteiger partial charge in [0, 0.05) is 6.61 Å². The van der Waals surface area contributed by atoms with Crippen molar-refractivity contribution in [2.75, 3.05) is 26.0 Å². The topological polar surface area (TPSA) is 85.2 Å². The second kappa shape index (κ2) is 9.93. The van der Waals surface area contributed by atoms with E-state index in [1.807, 2.05) is 13.8 Å². The van der Waals surface area contributed by atoms with Gasteiger partial charge in [-0.15, -0.1) is 0 Å². The Morgan fingerprint density at radius 1 is 1.29 bits per heavy atom. The van der Waals surface area contributed by atoms with E-state index in [4.69, 9.17) is 24.0 Å². The first kappa shape index (κ1) is 21.0. The molecule has 1 saturated heterocycles. The molecule has 0 saturated carbocycles. The Bertz CT molecular complexity index is 293. The van der Waals surface area contributed by atoms with Gasteiger partial charge in [0.15, 0.2) is 5.79 Å². The predicted octanol–water partition coefficient (Wildman–Crippen LogP) is 2.77. The third-order valence-corrected chi connectivity index (χ3v) is 5.09. The van der Waals surface area contributed by atoms with E-state index in [2.05, 4.69) is 6.92 Å². The Morgan fingerprint density at radius 3 is 2.10 bits per heavy atom. The van der Waals surface area contributed by atoms with Gasteiger partial charge in [-0.05, 0) is 46.5 Å². The van der Waals surface area contributed by atoms with Crippen molar-refractivity contribution in [3.05, 3.63) is 0 Å².